The number of aromatic amines is 1. The third kappa shape index (κ3) is 2.65. The third-order valence-corrected chi connectivity index (χ3v) is 5.97. The van der Waals surface area contributed by atoms with Crippen molar-refractivity contribution in [1.82, 2.24) is 15.1 Å². The van der Waals surface area contributed by atoms with Gasteiger partial charge in [-0.3, -0.25) is 14.7 Å². The van der Waals surface area contributed by atoms with Crippen LogP contribution in [0.15, 0.2) is 42.7 Å². The van der Waals surface area contributed by atoms with Crippen LogP contribution in [0.25, 0.3) is 10.8 Å². The summed E-state index contributed by atoms with van der Waals surface area (Å²) in [6.45, 7) is 1.17. The van der Waals surface area contributed by atoms with Gasteiger partial charge >= 0.3 is 0 Å². The number of nitrogens with one attached hydrogen (secondary N) is 1. The number of hydrogen-bond donors (Lipinski definition) is 1. The Bertz CT molecular complexity index is 1030. The highest BCUT2D eigenvalue weighted by molar-refractivity contribution is 6.11. The molecule has 2 aliphatic rings. The van der Waals surface area contributed by atoms with Gasteiger partial charge < -0.3 is 4.90 Å². The molecule has 3 aromatic rings. The molecule has 1 saturated heterocycles. The van der Waals surface area contributed by atoms with Crippen LogP contribution in [0.1, 0.15) is 44.7 Å². The van der Waals surface area contributed by atoms with Gasteiger partial charge in [0.25, 0.3) is 5.91 Å². The van der Waals surface area contributed by atoms with E-state index in [-0.39, 0.29) is 17.6 Å². The van der Waals surface area contributed by atoms with Crippen molar-refractivity contribution in [3.63, 3.8) is 0 Å². The van der Waals surface area contributed by atoms with E-state index in [1.165, 1.54) is 22.7 Å². The molecule has 0 saturated carbocycles. The molecule has 27 heavy (non-hydrogen) atoms. The first-order valence-electron chi connectivity index (χ1n) is 9.58. The van der Waals surface area contributed by atoms with Gasteiger partial charge in [0.15, 0.2) is 5.78 Å². The van der Waals surface area contributed by atoms with Crippen molar-refractivity contribution in [2.45, 2.75) is 25.7 Å². The summed E-state index contributed by atoms with van der Waals surface area (Å²) >= 11 is 0. The number of piperidine rings is 1. The van der Waals surface area contributed by atoms with Gasteiger partial charge in [0.05, 0.1) is 11.8 Å². The normalized spacial score (nSPS) is 18.8. The smallest absolute Gasteiger partial charge is 0.257 e. The standard InChI is InChI=1S/C22H21N3O2/c26-21(16-4-2-10-25(13-16)22(27)17-11-23-24-12-17)19-9-8-15-7-6-14-3-1-5-18(19)20(14)15/h1,3,5,8-9,11-12,16H,2,4,6-7,10,13H2,(H,23,24). The molecule has 1 amide bonds. The predicted octanol–water partition coefficient (Wildman–Crippen LogP) is 3.40. The van der Waals surface area contributed by atoms with Gasteiger partial charge in [0, 0.05) is 30.8 Å². The van der Waals surface area contributed by atoms with E-state index in [0.717, 1.165) is 36.6 Å². The van der Waals surface area contributed by atoms with E-state index in [4.69, 9.17) is 0 Å². The number of carbonyl (C=O) groups excluding carboxylic acids is 2. The molecule has 0 spiro atoms. The maximum atomic E-state index is 13.4. The summed E-state index contributed by atoms with van der Waals surface area (Å²) in [6, 6.07) is 10.4. The first-order chi connectivity index (χ1) is 13.2. The summed E-state index contributed by atoms with van der Waals surface area (Å²) in [7, 11) is 0. The molecule has 136 valence electrons. The minimum absolute atomic E-state index is 0.0540. The molecular formula is C22H21N3O2. The molecule has 5 heteroatoms. The summed E-state index contributed by atoms with van der Waals surface area (Å²) in [4.78, 5) is 27.8. The third-order valence-electron chi connectivity index (χ3n) is 5.97. The van der Waals surface area contributed by atoms with Gasteiger partial charge in [-0.15, -0.1) is 0 Å². The summed E-state index contributed by atoms with van der Waals surface area (Å²) in [6.07, 6.45) is 6.94. The van der Waals surface area contributed by atoms with Crippen LogP contribution in [0.2, 0.25) is 0 Å². The number of aromatic nitrogens is 2. The molecule has 0 bridgehead atoms. The van der Waals surface area contributed by atoms with E-state index in [2.05, 4.69) is 34.5 Å². The fraction of sp³-hybridized carbons (Fsp3) is 0.318. The number of ketones is 1. The lowest BCUT2D eigenvalue weighted by Crippen LogP contribution is -2.42. The molecule has 1 unspecified atom stereocenters. The number of amides is 1. The maximum Gasteiger partial charge on any atom is 0.257 e. The van der Waals surface area contributed by atoms with Crippen molar-refractivity contribution in [3.8, 4) is 0 Å². The van der Waals surface area contributed by atoms with Gasteiger partial charge in [0.2, 0.25) is 0 Å². The Morgan fingerprint density at radius 1 is 1.11 bits per heavy atom. The lowest BCUT2D eigenvalue weighted by molar-refractivity contribution is 0.0637. The van der Waals surface area contributed by atoms with E-state index in [0.29, 0.717) is 18.7 Å². The van der Waals surface area contributed by atoms with Crippen LogP contribution in [0.5, 0.6) is 0 Å². The second-order valence-corrected chi connectivity index (χ2v) is 7.55. The Kier molecular flexibility index (Phi) is 3.81. The molecule has 0 radical (unpaired) electrons. The SMILES string of the molecule is O=C(c1ccc2c3c(cccc13)CC2)C1CCCN(C(=O)c2cn[nH]c2)C1. The summed E-state index contributed by atoms with van der Waals surface area (Å²) in [5.41, 5.74) is 4.05. The van der Waals surface area contributed by atoms with E-state index < -0.39 is 0 Å². The molecule has 2 aromatic carbocycles. The molecule has 1 aliphatic carbocycles. The number of H-pyrrole nitrogens is 1. The number of hydrogen-bond acceptors (Lipinski definition) is 3. The zero-order chi connectivity index (χ0) is 18.4. The van der Waals surface area contributed by atoms with Gasteiger partial charge in [-0.1, -0.05) is 30.3 Å². The van der Waals surface area contributed by atoms with Crippen LogP contribution < -0.4 is 0 Å². The maximum absolute atomic E-state index is 13.4. The van der Waals surface area contributed by atoms with Crippen LogP contribution in [0.3, 0.4) is 0 Å². The number of likely N-dealkylation sites (tertiary alicyclic amines) is 1. The Balaban J connectivity index is 1.45. The Morgan fingerprint density at radius 3 is 2.78 bits per heavy atom. The van der Waals surface area contributed by atoms with Crippen molar-refractivity contribution < 1.29 is 9.59 Å². The molecule has 1 aromatic heterocycles. The average molecular weight is 359 g/mol. The van der Waals surface area contributed by atoms with Crippen molar-refractivity contribution in [2.24, 2.45) is 5.92 Å². The first-order valence-corrected chi connectivity index (χ1v) is 9.58. The number of benzene rings is 2. The molecule has 1 atom stereocenters. The first kappa shape index (κ1) is 16.2. The highest BCUT2D eigenvalue weighted by atomic mass is 16.2. The van der Waals surface area contributed by atoms with Gasteiger partial charge in [-0.2, -0.15) is 5.10 Å². The molecule has 5 nitrogen and oxygen atoms in total. The second-order valence-electron chi connectivity index (χ2n) is 7.55. The zero-order valence-electron chi connectivity index (χ0n) is 15.1. The highest BCUT2D eigenvalue weighted by Gasteiger charge is 2.31. The second kappa shape index (κ2) is 6.34. The molecule has 5 rings (SSSR count). The van der Waals surface area contributed by atoms with Gasteiger partial charge in [0.1, 0.15) is 0 Å². The predicted molar refractivity (Wildman–Crippen MR) is 103 cm³/mol. The highest BCUT2D eigenvalue weighted by Crippen LogP contribution is 2.34. The van der Waals surface area contributed by atoms with Crippen molar-refractivity contribution in [1.29, 1.82) is 0 Å². The monoisotopic (exact) mass is 359 g/mol. The van der Waals surface area contributed by atoms with Crippen LogP contribution in [0.4, 0.5) is 0 Å². The van der Waals surface area contributed by atoms with Gasteiger partial charge in [-0.05, 0) is 47.6 Å². The average Bonchev–Trinajstić information content (AvgIpc) is 3.39. The van der Waals surface area contributed by atoms with Crippen molar-refractivity contribution in [3.05, 3.63) is 65.0 Å². The largest absolute Gasteiger partial charge is 0.338 e. The van der Waals surface area contributed by atoms with E-state index in [9.17, 15) is 9.59 Å². The van der Waals surface area contributed by atoms with E-state index >= 15 is 0 Å². The van der Waals surface area contributed by atoms with Crippen LogP contribution in [0, 0.1) is 5.92 Å². The minimum atomic E-state index is -0.145. The van der Waals surface area contributed by atoms with E-state index in [1.807, 2.05) is 6.07 Å². The Morgan fingerprint density at radius 2 is 1.96 bits per heavy atom. The van der Waals surface area contributed by atoms with Crippen LogP contribution in [-0.2, 0) is 12.8 Å². The molecular weight excluding hydrogens is 338 g/mol. The number of Topliss-reactive ketones (excluding diaryl/α,β-unsaturated/α-hetero) is 1. The lowest BCUT2D eigenvalue weighted by atomic mass is 9.87. The van der Waals surface area contributed by atoms with E-state index in [1.54, 1.807) is 11.1 Å². The number of aryl methyl sites for hydroxylation is 2. The fourth-order valence-electron chi connectivity index (χ4n) is 4.61. The van der Waals surface area contributed by atoms with Gasteiger partial charge in [-0.25, -0.2) is 0 Å². The number of rotatable bonds is 3. The zero-order valence-corrected chi connectivity index (χ0v) is 15.1. The van der Waals surface area contributed by atoms with Crippen molar-refractivity contribution in [2.75, 3.05) is 13.1 Å². The summed E-state index contributed by atoms with van der Waals surface area (Å²) < 4.78 is 0. The molecule has 2 heterocycles. The molecule has 1 N–H and O–H groups in total. The fourth-order valence-corrected chi connectivity index (χ4v) is 4.61. The Hall–Kier alpha value is -2.95. The lowest BCUT2D eigenvalue weighted by Gasteiger charge is -2.32. The summed E-state index contributed by atoms with van der Waals surface area (Å²) in [5.74, 6) is -0.0370. The molecule has 1 aliphatic heterocycles. The quantitative estimate of drug-likeness (QED) is 0.729. The number of nitrogens with zero attached hydrogens (tertiary/aromatic N) is 2. The number of carbonyl (C=O) groups is 2. The Labute approximate surface area is 157 Å². The van der Waals surface area contributed by atoms with Crippen LogP contribution >= 0.6 is 0 Å². The molecule has 1 fully saturated rings. The minimum Gasteiger partial charge on any atom is -0.338 e. The van der Waals surface area contributed by atoms with Crippen LogP contribution in [-0.4, -0.2) is 39.9 Å². The van der Waals surface area contributed by atoms with Crippen molar-refractivity contribution >= 4 is 22.5 Å². The topological polar surface area (TPSA) is 66.1 Å². The summed E-state index contributed by atoms with van der Waals surface area (Å²) in [5, 5.41) is 8.88.